The average Bonchev–Trinajstić information content (AvgIpc) is 3.11. The Morgan fingerprint density at radius 3 is 2.54 bits per heavy atom. The highest BCUT2D eigenvalue weighted by Gasteiger charge is 2.26. The lowest BCUT2D eigenvalue weighted by molar-refractivity contribution is -0.118. The average molecular weight is 421 g/mol. The van der Waals surface area contributed by atoms with E-state index in [1.54, 1.807) is 48.2 Å². The van der Waals surface area contributed by atoms with Crippen LogP contribution in [0.2, 0.25) is 5.02 Å². The van der Waals surface area contributed by atoms with Crippen LogP contribution in [0.1, 0.15) is 25.3 Å². The summed E-state index contributed by atoms with van der Waals surface area (Å²) >= 11 is 5.80. The second kappa shape index (κ2) is 8.32. The highest BCUT2D eigenvalue weighted by Crippen LogP contribution is 2.31. The minimum absolute atomic E-state index is 0.0215. The van der Waals surface area contributed by atoms with Crippen LogP contribution in [0.5, 0.6) is 0 Å². The predicted molar refractivity (Wildman–Crippen MR) is 110 cm³/mol. The number of benzene rings is 2. The SMILES string of the molecule is CCC(=O)N1CCc2cc(S(=O)(=O)CCC(=O)Nc3ccc(Cl)cc3)ccc21. The topological polar surface area (TPSA) is 83.6 Å². The maximum Gasteiger partial charge on any atom is 0.226 e. The first-order valence-electron chi connectivity index (χ1n) is 9.01. The Hall–Kier alpha value is -2.38. The van der Waals surface area contributed by atoms with Gasteiger partial charge in [0.25, 0.3) is 0 Å². The van der Waals surface area contributed by atoms with Crippen LogP contribution in [0.25, 0.3) is 0 Å². The van der Waals surface area contributed by atoms with Gasteiger partial charge in [0.15, 0.2) is 9.84 Å². The van der Waals surface area contributed by atoms with Gasteiger partial charge in [-0.05, 0) is 54.4 Å². The van der Waals surface area contributed by atoms with Crippen LogP contribution < -0.4 is 10.2 Å². The third-order valence-electron chi connectivity index (χ3n) is 4.63. The van der Waals surface area contributed by atoms with Crippen molar-refractivity contribution in [2.45, 2.75) is 31.1 Å². The molecule has 0 aromatic heterocycles. The van der Waals surface area contributed by atoms with Crippen LogP contribution in [-0.4, -0.2) is 32.5 Å². The van der Waals surface area contributed by atoms with E-state index in [0.29, 0.717) is 30.1 Å². The zero-order valence-corrected chi connectivity index (χ0v) is 17.0. The number of carbonyl (C=O) groups is 2. The first kappa shape index (κ1) is 20.4. The van der Waals surface area contributed by atoms with Gasteiger partial charge in [0.1, 0.15) is 0 Å². The Morgan fingerprint density at radius 2 is 1.86 bits per heavy atom. The van der Waals surface area contributed by atoms with Crippen LogP contribution in [0, 0.1) is 0 Å². The highest BCUT2D eigenvalue weighted by molar-refractivity contribution is 7.91. The summed E-state index contributed by atoms with van der Waals surface area (Å²) in [4.78, 5) is 25.9. The molecular formula is C20H21ClN2O4S. The number of halogens is 1. The second-order valence-electron chi connectivity index (χ2n) is 6.56. The van der Waals surface area contributed by atoms with Gasteiger partial charge in [0, 0.05) is 35.8 Å². The van der Waals surface area contributed by atoms with Gasteiger partial charge in [-0.2, -0.15) is 0 Å². The van der Waals surface area contributed by atoms with Gasteiger partial charge in [-0.3, -0.25) is 9.59 Å². The van der Waals surface area contributed by atoms with E-state index < -0.39 is 9.84 Å². The molecule has 0 atom stereocenters. The van der Waals surface area contributed by atoms with Crippen molar-refractivity contribution >= 4 is 44.6 Å². The molecule has 1 heterocycles. The Kier molecular flexibility index (Phi) is 6.05. The van der Waals surface area contributed by atoms with Gasteiger partial charge in [0.2, 0.25) is 11.8 Å². The quantitative estimate of drug-likeness (QED) is 0.775. The van der Waals surface area contributed by atoms with E-state index in [1.165, 1.54) is 6.07 Å². The Bertz CT molecular complexity index is 1000. The van der Waals surface area contributed by atoms with Crippen molar-refractivity contribution in [3.8, 4) is 0 Å². The van der Waals surface area contributed by atoms with Gasteiger partial charge in [-0.1, -0.05) is 18.5 Å². The monoisotopic (exact) mass is 420 g/mol. The summed E-state index contributed by atoms with van der Waals surface area (Å²) < 4.78 is 25.3. The fraction of sp³-hybridized carbons (Fsp3) is 0.300. The van der Waals surface area contributed by atoms with Gasteiger partial charge >= 0.3 is 0 Å². The molecule has 2 aromatic carbocycles. The molecule has 2 aromatic rings. The number of nitrogens with one attached hydrogen (secondary N) is 1. The molecule has 0 saturated heterocycles. The van der Waals surface area contributed by atoms with Gasteiger partial charge in [-0.15, -0.1) is 0 Å². The Labute approximate surface area is 169 Å². The molecule has 2 amide bonds. The van der Waals surface area contributed by atoms with Crippen molar-refractivity contribution in [1.29, 1.82) is 0 Å². The standard InChI is InChI=1S/C20H21ClN2O4S/c1-2-20(25)23-11-9-14-13-17(7-8-18(14)23)28(26,27)12-10-19(24)22-16-5-3-15(21)4-6-16/h3-8,13H,2,9-12H2,1H3,(H,22,24). The smallest absolute Gasteiger partial charge is 0.226 e. The van der Waals surface area contributed by atoms with E-state index in [0.717, 1.165) is 11.3 Å². The van der Waals surface area contributed by atoms with Crippen LogP contribution in [0.4, 0.5) is 11.4 Å². The van der Waals surface area contributed by atoms with E-state index in [-0.39, 0.29) is 28.9 Å². The number of sulfone groups is 1. The molecule has 0 saturated carbocycles. The van der Waals surface area contributed by atoms with Crippen molar-refractivity contribution in [2.75, 3.05) is 22.5 Å². The molecule has 0 spiro atoms. The molecule has 28 heavy (non-hydrogen) atoms. The maximum absolute atomic E-state index is 12.6. The van der Waals surface area contributed by atoms with Crippen molar-refractivity contribution in [1.82, 2.24) is 0 Å². The summed E-state index contributed by atoms with van der Waals surface area (Å²) in [5.74, 6) is -0.650. The molecule has 3 rings (SSSR count). The molecule has 148 valence electrons. The minimum Gasteiger partial charge on any atom is -0.326 e. The zero-order chi connectivity index (χ0) is 20.3. The van der Waals surface area contributed by atoms with E-state index in [2.05, 4.69) is 5.32 Å². The largest absolute Gasteiger partial charge is 0.326 e. The summed E-state index contributed by atoms with van der Waals surface area (Å²) in [5.41, 5.74) is 2.17. The van der Waals surface area contributed by atoms with Crippen molar-refractivity contribution in [3.63, 3.8) is 0 Å². The second-order valence-corrected chi connectivity index (χ2v) is 9.11. The number of nitrogens with zero attached hydrogens (tertiary/aromatic N) is 1. The van der Waals surface area contributed by atoms with Crippen LogP contribution in [0.3, 0.4) is 0 Å². The van der Waals surface area contributed by atoms with Crippen molar-refractivity contribution in [2.24, 2.45) is 0 Å². The van der Waals surface area contributed by atoms with Crippen LogP contribution in [-0.2, 0) is 25.8 Å². The first-order chi connectivity index (χ1) is 13.3. The molecule has 6 nitrogen and oxygen atoms in total. The number of rotatable bonds is 6. The van der Waals surface area contributed by atoms with Gasteiger partial charge in [0.05, 0.1) is 10.6 Å². The summed E-state index contributed by atoms with van der Waals surface area (Å²) in [6.45, 7) is 2.36. The molecule has 0 bridgehead atoms. The Morgan fingerprint density at radius 1 is 1.14 bits per heavy atom. The molecule has 0 aliphatic carbocycles. The first-order valence-corrected chi connectivity index (χ1v) is 11.0. The van der Waals surface area contributed by atoms with E-state index >= 15 is 0 Å². The number of amides is 2. The lowest BCUT2D eigenvalue weighted by atomic mass is 10.2. The number of hydrogen-bond acceptors (Lipinski definition) is 4. The summed E-state index contributed by atoms with van der Waals surface area (Å²) in [6, 6.07) is 11.4. The Balaban J connectivity index is 1.65. The summed E-state index contributed by atoms with van der Waals surface area (Å²) in [6.07, 6.45) is 0.881. The van der Waals surface area contributed by atoms with E-state index in [4.69, 9.17) is 11.6 Å². The molecule has 8 heteroatoms. The number of hydrogen-bond donors (Lipinski definition) is 1. The third-order valence-corrected chi connectivity index (χ3v) is 6.60. The molecule has 1 aliphatic rings. The van der Waals surface area contributed by atoms with Crippen LogP contribution in [0.15, 0.2) is 47.4 Å². The van der Waals surface area contributed by atoms with Gasteiger partial charge in [-0.25, -0.2) is 8.42 Å². The molecular weight excluding hydrogens is 400 g/mol. The molecule has 0 radical (unpaired) electrons. The molecule has 1 aliphatic heterocycles. The predicted octanol–water partition coefficient (Wildman–Crippen LogP) is 3.44. The van der Waals surface area contributed by atoms with Gasteiger partial charge < -0.3 is 10.2 Å². The third kappa shape index (κ3) is 4.54. The van der Waals surface area contributed by atoms with Crippen LogP contribution >= 0.6 is 11.6 Å². The fourth-order valence-corrected chi connectivity index (χ4v) is 4.54. The summed E-state index contributed by atoms with van der Waals surface area (Å²) in [5, 5.41) is 3.21. The van der Waals surface area contributed by atoms with Crippen molar-refractivity contribution < 1.29 is 18.0 Å². The normalized spacial score (nSPS) is 13.3. The molecule has 0 unspecified atom stereocenters. The molecule has 1 N–H and O–H groups in total. The minimum atomic E-state index is -3.60. The summed E-state index contributed by atoms with van der Waals surface area (Å²) in [7, 11) is -3.60. The number of anilines is 2. The lowest BCUT2D eigenvalue weighted by Gasteiger charge is -2.16. The van der Waals surface area contributed by atoms with E-state index in [9.17, 15) is 18.0 Å². The van der Waals surface area contributed by atoms with Crippen molar-refractivity contribution in [3.05, 3.63) is 53.1 Å². The zero-order valence-electron chi connectivity index (χ0n) is 15.4. The van der Waals surface area contributed by atoms with E-state index in [1.807, 2.05) is 0 Å². The fourth-order valence-electron chi connectivity index (χ4n) is 3.12. The molecule has 0 fully saturated rings. The lowest BCUT2D eigenvalue weighted by Crippen LogP contribution is -2.27. The highest BCUT2D eigenvalue weighted by atomic mass is 35.5. The maximum atomic E-state index is 12.6. The number of fused-ring (bicyclic) bond motifs is 1. The number of carbonyl (C=O) groups excluding carboxylic acids is 2.